The molecule has 10 aromatic rings. The Kier molecular flexibility index (Phi) is 6.81. The maximum Gasteiger partial charge on any atom is 0.136 e. The summed E-state index contributed by atoms with van der Waals surface area (Å²) in [6.45, 7) is 0. The van der Waals surface area contributed by atoms with Gasteiger partial charge >= 0.3 is 0 Å². The van der Waals surface area contributed by atoms with E-state index in [1.807, 2.05) is 24.3 Å². The van der Waals surface area contributed by atoms with Crippen molar-refractivity contribution < 1.29 is 8.83 Å². The number of furan rings is 2. The Morgan fingerprint density at radius 3 is 1.39 bits per heavy atom. The first-order valence-corrected chi connectivity index (χ1v) is 17.2. The lowest BCUT2D eigenvalue weighted by atomic mass is 9.90. The first-order chi connectivity index (χ1) is 25.3. The second-order valence-electron chi connectivity index (χ2n) is 12.9. The highest BCUT2D eigenvalue weighted by atomic mass is 16.3. The van der Waals surface area contributed by atoms with Gasteiger partial charge in [0.25, 0.3) is 0 Å². The van der Waals surface area contributed by atoms with Gasteiger partial charge in [-0.05, 0) is 112 Å². The van der Waals surface area contributed by atoms with Gasteiger partial charge in [0.15, 0.2) is 0 Å². The number of fused-ring (bicyclic) bond motifs is 6. The molecule has 0 N–H and O–H groups in total. The van der Waals surface area contributed by atoms with Crippen molar-refractivity contribution in [2.24, 2.45) is 0 Å². The summed E-state index contributed by atoms with van der Waals surface area (Å²) in [5, 5.41) is 4.50. The van der Waals surface area contributed by atoms with Crippen molar-refractivity contribution >= 4 is 60.9 Å². The van der Waals surface area contributed by atoms with Crippen LogP contribution in [0.1, 0.15) is 0 Å². The Morgan fingerprint density at radius 1 is 0.275 bits per heavy atom. The summed E-state index contributed by atoms with van der Waals surface area (Å²) in [6.07, 6.45) is 0. The summed E-state index contributed by atoms with van der Waals surface area (Å²) in [4.78, 5) is 2.31. The second-order valence-corrected chi connectivity index (χ2v) is 12.9. The third-order valence-corrected chi connectivity index (χ3v) is 9.87. The Balaban J connectivity index is 1.15. The van der Waals surface area contributed by atoms with Crippen molar-refractivity contribution in [1.29, 1.82) is 0 Å². The lowest BCUT2D eigenvalue weighted by Gasteiger charge is -2.26. The van der Waals surface area contributed by atoms with Gasteiger partial charge in [-0.2, -0.15) is 0 Å². The van der Waals surface area contributed by atoms with Crippen LogP contribution in [0, 0.1) is 0 Å². The summed E-state index contributed by atoms with van der Waals surface area (Å²) in [6, 6.07) is 66.3. The van der Waals surface area contributed by atoms with E-state index in [2.05, 4.69) is 169 Å². The molecule has 2 heterocycles. The van der Waals surface area contributed by atoms with Crippen LogP contribution in [-0.4, -0.2) is 0 Å². The number of nitrogens with zero attached hydrogens (tertiary/aromatic N) is 1. The molecule has 0 amide bonds. The number of hydrogen-bond acceptors (Lipinski definition) is 3. The van der Waals surface area contributed by atoms with Gasteiger partial charge in [-0.3, -0.25) is 0 Å². The van der Waals surface area contributed by atoms with Gasteiger partial charge in [0.1, 0.15) is 22.3 Å². The molecule has 0 saturated heterocycles. The maximum atomic E-state index is 6.38. The lowest BCUT2D eigenvalue weighted by Crippen LogP contribution is -2.09. The van der Waals surface area contributed by atoms with E-state index in [9.17, 15) is 0 Å². The zero-order chi connectivity index (χ0) is 33.7. The number of benzene rings is 8. The highest BCUT2D eigenvalue weighted by Gasteiger charge is 2.17. The van der Waals surface area contributed by atoms with Crippen molar-refractivity contribution in [3.8, 4) is 33.4 Å². The molecule has 0 radical (unpaired) electrons. The van der Waals surface area contributed by atoms with E-state index >= 15 is 0 Å². The number of anilines is 3. The molecule has 0 spiro atoms. The predicted molar refractivity (Wildman–Crippen MR) is 212 cm³/mol. The van der Waals surface area contributed by atoms with E-state index < -0.39 is 0 Å². The molecule has 51 heavy (non-hydrogen) atoms. The summed E-state index contributed by atoms with van der Waals surface area (Å²) in [7, 11) is 0. The van der Waals surface area contributed by atoms with Crippen LogP contribution < -0.4 is 4.90 Å². The summed E-state index contributed by atoms with van der Waals surface area (Å²) < 4.78 is 12.7. The monoisotopic (exact) mass is 653 g/mol. The summed E-state index contributed by atoms with van der Waals surface area (Å²) >= 11 is 0. The van der Waals surface area contributed by atoms with E-state index in [-0.39, 0.29) is 0 Å². The molecule has 0 atom stereocenters. The van der Waals surface area contributed by atoms with Crippen LogP contribution in [0.5, 0.6) is 0 Å². The molecule has 0 bridgehead atoms. The zero-order valence-corrected chi connectivity index (χ0v) is 27.7. The Labute approximate surface area is 295 Å². The molecule has 0 saturated carbocycles. The molecule has 0 aliphatic heterocycles. The third-order valence-electron chi connectivity index (χ3n) is 9.87. The maximum absolute atomic E-state index is 6.38. The van der Waals surface area contributed by atoms with Crippen molar-refractivity contribution in [3.63, 3.8) is 0 Å². The Morgan fingerprint density at radius 2 is 0.745 bits per heavy atom. The van der Waals surface area contributed by atoms with E-state index in [1.165, 1.54) is 0 Å². The van der Waals surface area contributed by atoms with Crippen molar-refractivity contribution in [2.45, 2.75) is 0 Å². The van der Waals surface area contributed by atoms with Gasteiger partial charge in [-0.15, -0.1) is 0 Å². The van der Waals surface area contributed by atoms with Gasteiger partial charge in [0.05, 0.1) is 0 Å². The highest BCUT2D eigenvalue weighted by Crippen LogP contribution is 2.42. The smallest absolute Gasteiger partial charge is 0.136 e. The fraction of sp³-hybridized carbons (Fsp3) is 0. The second kappa shape index (κ2) is 11.9. The van der Waals surface area contributed by atoms with Crippen LogP contribution in [0.3, 0.4) is 0 Å². The first-order valence-electron chi connectivity index (χ1n) is 17.2. The average Bonchev–Trinajstić information content (AvgIpc) is 3.76. The topological polar surface area (TPSA) is 29.5 Å². The van der Waals surface area contributed by atoms with Crippen LogP contribution in [0.25, 0.3) is 77.3 Å². The Bertz CT molecular complexity index is 2830. The standard InChI is InChI=1S/C48H31NO2/c1-3-13-36(14-4-1)49(37-15-5-2-6-16-37)38-17-11-12-34(28-38)39-25-22-32(33-23-26-42-40-18-7-9-20-45(40)50-47(42)30-33)29-44(39)35-24-27-43-41-19-8-10-21-46(41)51-48(43)31-35/h1-31H. The van der Waals surface area contributed by atoms with Crippen molar-refractivity contribution in [3.05, 3.63) is 188 Å². The van der Waals surface area contributed by atoms with Gasteiger partial charge in [0, 0.05) is 38.6 Å². The molecular formula is C48H31NO2. The average molecular weight is 654 g/mol. The number of hydrogen-bond donors (Lipinski definition) is 0. The van der Waals surface area contributed by atoms with Gasteiger partial charge in [-0.1, -0.05) is 109 Å². The molecule has 10 rings (SSSR count). The van der Waals surface area contributed by atoms with Gasteiger partial charge in [-0.25, -0.2) is 0 Å². The van der Waals surface area contributed by atoms with Crippen LogP contribution in [0.2, 0.25) is 0 Å². The van der Waals surface area contributed by atoms with E-state index in [0.717, 1.165) is 94.3 Å². The minimum Gasteiger partial charge on any atom is -0.456 e. The van der Waals surface area contributed by atoms with Crippen LogP contribution in [0.4, 0.5) is 17.1 Å². The Hall–Kier alpha value is -6.84. The molecule has 3 heteroatoms. The molecule has 2 aromatic heterocycles. The molecule has 0 aliphatic carbocycles. The summed E-state index contributed by atoms with van der Waals surface area (Å²) in [5.41, 5.74) is 13.6. The van der Waals surface area contributed by atoms with Gasteiger partial charge < -0.3 is 13.7 Å². The first kappa shape index (κ1) is 29.1. The fourth-order valence-corrected chi connectivity index (χ4v) is 7.43. The summed E-state index contributed by atoms with van der Waals surface area (Å²) in [5.74, 6) is 0. The largest absolute Gasteiger partial charge is 0.456 e. The van der Waals surface area contributed by atoms with E-state index in [1.54, 1.807) is 0 Å². The molecule has 0 unspecified atom stereocenters. The van der Waals surface area contributed by atoms with Crippen molar-refractivity contribution in [2.75, 3.05) is 4.90 Å². The highest BCUT2D eigenvalue weighted by molar-refractivity contribution is 6.07. The van der Waals surface area contributed by atoms with Crippen molar-refractivity contribution in [1.82, 2.24) is 0 Å². The van der Waals surface area contributed by atoms with E-state index in [4.69, 9.17) is 8.83 Å². The van der Waals surface area contributed by atoms with Crippen LogP contribution in [-0.2, 0) is 0 Å². The van der Waals surface area contributed by atoms with Gasteiger partial charge in [0.2, 0.25) is 0 Å². The molecule has 0 aliphatic rings. The third kappa shape index (κ3) is 5.06. The molecular weight excluding hydrogens is 623 g/mol. The minimum absolute atomic E-state index is 0.877. The molecule has 3 nitrogen and oxygen atoms in total. The number of rotatable bonds is 6. The zero-order valence-electron chi connectivity index (χ0n) is 27.7. The lowest BCUT2D eigenvalue weighted by molar-refractivity contribution is 0.668. The quantitative estimate of drug-likeness (QED) is 0.179. The van der Waals surface area contributed by atoms with E-state index in [0.29, 0.717) is 0 Å². The van der Waals surface area contributed by atoms with Crippen LogP contribution in [0.15, 0.2) is 197 Å². The predicted octanol–water partition coefficient (Wildman–Crippen LogP) is 14.0. The molecule has 0 fully saturated rings. The molecule has 240 valence electrons. The fourth-order valence-electron chi connectivity index (χ4n) is 7.43. The SMILES string of the molecule is c1ccc(N(c2ccccc2)c2cccc(-c3ccc(-c4ccc5c(c4)oc4ccccc45)cc3-c3ccc4c(c3)oc3ccccc34)c2)cc1. The minimum atomic E-state index is 0.877. The van der Waals surface area contributed by atoms with Crippen LogP contribution >= 0.6 is 0 Å². The normalized spacial score (nSPS) is 11.5. The number of para-hydroxylation sites is 4. The molecule has 8 aromatic carbocycles.